The second-order valence-electron chi connectivity index (χ2n) is 24.3. The first-order chi connectivity index (χ1) is 42.6. The van der Waals surface area contributed by atoms with Crippen molar-refractivity contribution in [2.75, 3.05) is 0 Å². The minimum atomic E-state index is 0.0153. The third kappa shape index (κ3) is 18.5. The van der Waals surface area contributed by atoms with E-state index in [-0.39, 0.29) is 36.6 Å². The van der Waals surface area contributed by atoms with Crippen molar-refractivity contribution >= 4 is 17.3 Å². The van der Waals surface area contributed by atoms with E-state index in [1.165, 1.54) is 19.3 Å². The number of hydrogen-bond acceptors (Lipinski definition) is 12. The predicted molar refractivity (Wildman–Crippen MR) is 355 cm³/mol. The van der Waals surface area contributed by atoms with Crippen molar-refractivity contribution in [3.05, 3.63) is 54.6 Å². The zero-order valence-electron chi connectivity index (χ0n) is 55.8. The Morgan fingerprint density at radius 2 is 0.471 bits per heavy atom. The molecule has 480 valence electrons. The molecule has 0 aliphatic heterocycles. The molecule has 0 spiro atoms. The highest BCUT2D eigenvalue weighted by Crippen LogP contribution is 2.41. The van der Waals surface area contributed by atoms with Crippen LogP contribution in [0.25, 0.3) is 51.5 Å². The van der Waals surface area contributed by atoms with Crippen LogP contribution in [0.1, 0.15) is 276 Å². The van der Waals surface area contributed by atoms with Crippen molar-refractivity contribution in [1.29, 1.82) is 0 Å². The van der Waals surface area contributed by atoms with Gasteiger partial charge in [0.25, 0.3) is 0 Å². The van der Waals surface area contributed by atoms with E-state index in [4.69, 9.17) is 59.0 Å². The second-order valence-corrected chi connectivity index (χ2v) is 24.3. The summed E-state index contributed by atoms with van der Waals surface area (Å²) in [5, 5.41) is 30.3. The Morgan fingerprint density at radius 1 is 0.264 bits per heavy atom. The Balaban J connectivity index is 1.47. The molecule has 0 bridgehead atoms. The summed E-state index contributed by atoms with van der Waals surface area (Å²) in [6.45, 7) is 26.7. The zero-order valence-corrected chi connectivity index (χ0v) is 55.8. The number of fused-ring (bicyclic) bond motifs is 6. The third-order valence-electron chi connectivity index (χ3n) is 17.4. The van der Waals surface area contributed by atoms with Gasteiger partial charge >= 0.3 is 0 Å². The topological polar surface area (TPSA) is 146 Å². The molecule has 4 aromatic heterocycles. The lowest BCUT2D eigenvalue weighted by molar-refractivity contribution is 0.147. The van der Waals surface area contributed by atoms with Crippen LogP contribution < -0.4 is 28.4 Å². The van der Waals surface area contributed by atoms with E-state index in [9.17, 15) is 0 Å². The predicted octanol–water partition coefficient (Wildman–Crippen LogP) is 20.2. The van der Waals surface area contributed by atoms with Crippen LogP contribution in [-0.4, -0.2) is 80.4 Å². The molecule has 6 atom stereocenters. The maximum Gasteiger partial charge on any atom is 0.247 e. The van der Waals surface area contributed by atoms with Crippen LogP contribution in [0, 0.1) is 0 Å². The number of aromatic nitrogens is 9. The summed E-state index contributed by atoms with van der Waals surface area (Å²) in [4.78, 5) is 0. The molecule has 0 aliphatic carbocycles. The quantitative estimate of drug-likeness (QED) is 0.0335. The second kappa shape index (κ2) is 36.4. The van der Waals surface area contributed by atoms with Crippen molar-refractivity contribution in [2.24, 2.45) is 0 Å². The van der Waals surface area contributed by atoms with E-state index < -0.39 is 0 Å². The first kappa shape index (κ1) is 68.4. The SMILES string of the molecule is CCCCCC(CC)Oc1ccc(-c2nnc3n2c2nnc(-c4ccc(OC(CC)CCCCC)c(OC(CC)CCCCC)c4)n2c2nnc(-c4ccc(OC(CC)CCCCC)c(OC(CC)CCCCC)c4)n32)cc1OC(CC)CCCCC. The standard InChI is InChI=1S/C72H111N9O6/c1-13-25-31-37-55(19-7)82-61-46-43-52(49-64(61)85-58(22-10)40-34-28-16-4)67-73-76-70-79(67)71-77-74-68(53-44-47-62(83-56(20-8)38-32-26-14-2)65(50-53)86-59(23-11)41-35-29-17-5)81(71)72-78-75-69(80(70)72)54-45-48-63(84-57(21-9)39-33-27-15-3)66(51-54)87-60(24-12)42-36-30-18-6/h43-51,55-60H,13-42H2,1-12H3. The zero-order chi connectivity index (χ0) is 61.9. The fourth-order valence-electron chi connectivity index (χ4n) is 11.8. The molecule has 15 heteroatoms. The monoisotopic (exact) mass is 1200 g/mol. The molecule has 7 aromatic rings. The minimum absolute atomic E-state index is 0.0153. The molecule has 3 aromatic carbocycles. The fourth-order valence-corrected chi connectivity index (χ4v) is 11.8. The van der Waals surface area contributed by atoms with Gasteiger partial charge in [-0.15, -0.1) is 30.6 Å². The van der Waals surface area contributed by atoms with E-state index in [2.05, 4.69) is 138 Å². The Labute approximate surface area is 522 Å². The highest BCUT2D eigenvalue weighted by Gasteiger charge is 2.29. The lowest BCUT2D eigenvalue weighted by Gasteiger charge is -2.24. The Hall–Kier alpha value is -6.12. The first-order valence-electron chi connectivity index (χ1n) is 34.9. The number of unbranched alkanes of at least 4 members (excludes halogenated alkanes) is 12. The summed E-state index contributed by atoms with van der Waals surface area (Å²) in [7, 11) is 0. The van der Waals surface area contributed by atoms with Crippen molar-refractivity contribution in [1.82, 2.24) is 43.8 Å². The molecule has 0 amide bonds. The molecule has 0 saturated carbocycles. The molecule has 0 fully saturated rings. The van der Waals surface area contributed by atoms with Gasteiger partial charge in [0.2, 0.25) is 17.3 Å². The Bertz CT molecular complexity index is 2740. The van der Waals surface area contributed by atoms with Gasteiger partial charge in [-0.05, 0) is 170 Å². The van der Waals surface area contributed by atoms with Gasteiger partial charge in [-0.25, -0.2) is 13.2 Å². The average molecular weight is 1200 g/mol. The van der Waals surface area contributed by atoms with Gasteiger partial charge in [-0.1, -0.05) is 160 Å². The van der Waals surface area contributed by atoms with Crippen molar-refractivity contribution in [3.63, 3.8) is 0 Å². The minimum Gasteiger partial charge on any atom is -0.487 e. The highest BCUT2D eigenvalue weighted by atomic mass is 16.5. The van der Waals surface area contributed by atoms with Gasteiger partial charge in [0.15, 0.2) is 52.0 Å². The number of ether oxygens (including phenoxy) is 6. The first-order valence-corrected chi connectivity index (χ1v) is 34.9. The summed E-state index contributed by atoms with van der Waals surface area (Å²) in [6, 6.07) is 18.6. The molecule has 0 N–H and O–H groups in total. The summed E-state index contributed by atoms with van der Waals surface area (Å²) in [5.74, 6) is 7.38. The molecule has 0 aliphatic rings. The highest BCUT2D eigenvalue weighted by molar-refractivity contribution is 5.74. The van der Waals surface area contributed by atoms with E-state index in [1.807, 2.05) is 13.2 Å². The molecular weight excluding hydrogens is 1090 g/mol. The smallest absolute Gasteiger partial charge is 0.247 e. The van der Waals surface area contributed by atoms with E-state index in [0.717, 1.165) is 207 Å². The van der Waals surface area contributed by atoms with Crippen LogP contribution in [0.2, 0.25) is 0 Å². The van der Waals surface area contributed by atoms with Crippen molar-refractivity contribution in [2.45, 2.75) is 312 Å². The maximum absolute atomic E-state index is 7.04. The van der Waals surface area contributed by atoms with Crippen LogP contribution in [0.15, 0.2) is 54.6 Å². The number of hydrogen-bond donors (Lipinski definition) is 0. The van der Waals surface area contributed by atoms with Crippen molar-refractivity contribution in [3.8, 4) is 68.7 Å². The van der Waals surface area contributed by atoms with Gasteiger partial charge in [0, 0.05) is 16.7 Å². The summed E-state index contributed by atoms with van der Waals surface area (Å²) in [6.07, 6.45) is 31.9. The van der Waals surface area contributed by atoms with E-state index in [0.29, 0.717) is 52.1 Å². The summed E-state index contributed by atoms with van der Waals surface area (Å²) < 4.78 is 47.7. The molecule has 0 radical (unpaired) electrons. The lowest BCUT2D eigenvalue weighted by Crippen LogP contribution is -2.19. The van der Waals surface area contributed by atoms with E-state index in [1.54, 1.807) is 0 Å². The molecule has 15 nitrogen and oxygen atoms in total. The fraction of sp³-hybridized carbons (Fsp3) is 0.667. The summed E-state index contributed by atoms with van der Waals surface area (Å²) >= 11 is 0. The van der Waals surface area contributed by atoms with E-state index >= 15 is 0 Å². The van der Waals surface area contributed by atoms with Gasteiger partial charge in [-0.3, -0.25) is 0 Å². The molecular formula is C72H111N9O6. The number of rotatable bonds is 45. The van der Waals surface area contributed by atoms with Crippen LogP contribution in [-0.2, 0) is 0 Å². The van der Waals surface area contributed by atoms with Crippen LogP contribution in [0.3, 0.4) is 0 Å². The third-order valence-corrected chi connectivity index (χ3v) is 17.4. The maximum atomic E-state index is 7.04. The summed E-state index contributed by atoms with van der Waals surface area (Å²) in [5.41, 5.74) is 2.37. The molecule has 87 heavy (non-hydrogen) atoms. The Morgan fingerprint density at radius 3 is 0.667 bits per heavy atom. The van der Waals surface area contributed by atoms with Crippen LogP contribution in [0.4, 0.5) is 0 Å². The van der Waals surface area contributed by atoms with Gasteiger partial charge in [-0.2, -0.15) is 0 Å². The van der Waals surface area contributed by atoms with Gasteiger partial charge in [0.05, 0.1) is 36.6 Å². The normalized spacial score (nSPS) is 13.9. The lowest BCUT2D eigenvalue weighted by atomic mass is 10.1. The van der Waals surface area contributed by atoms with Crippen LogP contribution >= 0.6 is 0 Å². The molecule has 0 saturated heterocycles. The number of nitrogens with zero attached hydrogens (tertiary/aromatic N) is 9. The average Bonchev–Trinajstić information content (AvgIpc) is 1.62. The number of benzene rings is 3. The molecule has 7 rings (SSSR count). The van der Waals surface area contributed by atoms with Gasteiger partial charge < -0.3 is 28.4 Å². The largest absolute Gasteiger partial charge is 0.487 e. The Kier molecular flexibility index (Phi) is 28.6. The van der Waals surface area contributed by atoms with Crippen molar-refractivity contribution < 1.29 is 28.4 Å². The van der Waals surface area contributed by atoms with Gasteiger partial charge in [0.1, 0.15) is 0 Å². The van der Waals surface area contributed by atoms with Crippen LogP contribution in [0.5, 0.6) is 34.5 Å². The molecule has 6 unspecified atom stereocenters. The molecule has 4 heterocycles.